The number of benzene rings is 3. The summed E-state index contributed by atoms with van der Waals surface area (Å²) >= 11 is 13.1. The smallest absolute Gasteiger partial charge is 0.322 e. The number of aryl methyl sites for hydroxylation is 1. The van der Waals surface area contributed by atoms with Crippen LogP contribution in [-0.2, 0) is 22.5 Å². The molecule has 3 aromatic rings. The van der Waals surface area contributed by atoms with Crippen LogP contribution in [0.1, 0.15) is 24.0 Å². The van der Waals surface area contributed by atoms with Crippen molar-refractivity contribution < 1.29 is 14.3 Å². The Morgan fingerprint density at radius 3 is 2.12 bits per heavy atom. The van der Waals surface area contributed by atoms with Crippen LogP contribution in [0.15, 0.2) is 66.7 Å². The summed E-state index contributed by atoms with van der Waals surface area (Å²) in [5.74, 6) is 0.0188. The molecule has 42 heavy (non-hydrogen) atoms. The van der Waals surface area contributed by atoms with Crippen LogP contribution in [0.25, 0.3) is 0 Å². The third kappa shape index (κ3) is 8.38. The van der Waals surface area contributed by atoms with Crippen LogP contribution in [0.2, 0.25) is 10.0 Å². The van der Waals surface area contributed by atoms with Crippen molar-refractivity contribution in [2.75, 3.05) is 68.0 Å². The summed E-state index contributed by atoms with van der Waals surface area (Å²) in [4.78, 5) is 31.7. The highest BCUT2D eigenvalue weighted by Gasteiger charge is 2.23. The average molecular weight is 611 g/mol. The number of carbonyl (C=O) groups excluding carboxylic acids is 2. The number of piperazine rings is 1. The number of carbonyl (C=O) groups is 2. The lowest BCUT2D eigenvalue weighted by Crippen LogP contribution is -2.50. The van der Waals surface area contributed by atoms with Gasteiger partial charge in [-0.05, 0) is 60.4 Å². The first-order valence-electron chi connectivity index (χ1n) is 14.5. The minimum absolute atomic E-state index is 0.0188. The van der Waals surface area contributed by atoms with Gasteiger partial charge in [-0.25, -0.2) is 4.79 Å². The Kier molecular flexibility index (Phi) is 10.6. The number of nitrogens with zero attached hydrogens (tertiary/aromatic N) is 3. The molecule has 8 nitrogen and oxygen atoms in total. The first-order valence-corrected chi connectivity index (χ1v) is 15.2. The van der Waals surface area contributed by atoms with E-state index in [1.165, 1.54) is 5.56 Å². The van der Waals surface area contributed by atoms with Gasteiger partial charge in [0.1, 0.15) is 0 Å². The van der Waals surface area contributed by atoms with Crippen LogP contribution in [0, 0.1) is 0 Å². The number of nitrogens with one attached hydrogen (secondary N) is 2. The number of hydrogen-bond donors (Lipinski definition) is 2. The summed E-state index contributed by atoms with van der Waals surface area (Å²) in [5, 5.41) is 6.77. The summed E-state index contributed by atoms with van der Waals surface area (Å²) in [6.07, 6.45) is 2.18. The fraction of sp³-hybridized carbons (Fsp3) is 0.375. The van der Waals surface area contributed by atoms with E-state index in [9.17, 15) is 9.59 Å². The molecule has 0 bridgehead atoms. The SMILES string of the molecule is O=C(CCCc1ccccc1)Nc1ccc(N2CCN(C(=O)Nc3c(Cl)cc(CN4CCOCC4)cc3Cl)CC2)cc1. The van der Waals surface area contributed by atoms with Crippen LogP contribution >= 0.6 is 23.2 Å². The van der Waals surface area contributed by atoms with Crippen molar-refractivity contribution in [2.24, 2.45) is 0 Å². The van der Waals surface area contributed by atoms with Gasteiger partial charge in [-0.2, -0.15) is 0 Å². The molecule has 0 spiro atoms. The predicted molar refractivity (Wildman–Crippen MR) is 170 cm³/mol. The zero-order valence-corrected chi connectivity index (χ0v) is 25.2. The Bertz CT molecular complexity index is 1320. The van der Waals surface area contributed by atoms with Crippen molar-refractivity contribution in [2.45, 2.75) is 25.8 Å². The summed E-state index contributed by atoms with van der Waals surface area (Å²) in [6.45, 7) is 6.45. The normalized spacial score (nSPS) is 15.9. The number of anilines is 3. The number of amides is 3. The predicted octanol–water partition coefficient (Wildman–Crippen LogP) is 6.14. The molecule has 0 saturated carbocycles. The van der Waals surface area contributed by atoms with E-state index in [1.54, 1.807) is 4.90 Å². The highest BCUT2D eigenvalue weighted by atomic mass is 35.5. The molecule has 0 aromatic heterocycles. The van der Waals surface area contributed by atoms with Crippen LogP contribution in [-0.4, -0.2) is 74.2 Å². The van der Waals surface area contributed by atoms with Gasteiger partial charge in [0.05, 0.1) is 28.9 Å². The Morgan fingerprint density at radius 1 is 0.786 bits per heavy atom. The van der Waals surface area contributed by atoms with Crippen molar-refractivity contribution >= 4 is 52.2 Å². The van der Waals surface area contributed by atoms with Gasteiger partial charge in [0.15, 0.2) is 0 Å². The molecule has 2 aliphatic rings. The van der Waals surface area contributed by atoms with Crippen molar-refractivity contribution in [1.82, 2.24) is 9.80 Å². The molecule has 3 aromatic carbocycles. The van der Waals surface area contributed by atoms with Gasteiger partial charge in [0.2, 0.25) is 5.91 Å². The van der Waals surface area contributed by atoms with Crippen LogP contribution < -0.4 is 15.5 Å². The van der Waals surface area contributed by atoms with Gasteiger partial charge in [0, 0.05) is 63.6 Å². The largest absolute Gasteiger partial charge is 0.379 e. The third-order valence-electron chi connectivity index (χ3n) is 7.64. The standard InChI is InChI=1S/C32H37Cl2N5O3/c33-28-21-25(23-37-17-19-42-20-18-37)22-29(34)31(28)36-32(41)39-15-13-38(14-16-39)27-11-9-26(10-12-27)35-30(40)8-4-7-24-5-2-1-3-6-24/h1-3,5-6,9-12,21-22H,4,7-8,13-20,23H2,(H,35,40)(H,36,41). The minimum Gasteiger partial charge on any atom is -0.379 e. The summed E-state index contributed by atoms with van der Waals surface area (Å²) in [5.41, 5.74) is 4.53. The molecular weight excluding hydrogens is 573 g/mol. The number of halogens is 2. The Balaban J connectivity index is 1.06. The second-order valence-electron chi connectivity index (χ2n) is 10.7. The number of morpholine rings is 1. The van der Waals surface area contributed by atoms with E-state index in [4.69, 9.17) is 27.9 Å². The zero-order valence-electron chi connectivity index (χ0n) is 23.7. The maximum Gasteiger partial charge on any atom is 0.322 e. The van der Waals surface area contributed by atoms with E-state index in [0.717, 1.165) is 62.6 Å². The lowest BCUT2D eigenvalue weighted by Gasteiger charge is -2.36. The monoisotopic (exact) mass is 609 g/mol. The van der Waals surface area contributed by atoms with Crippen molar-refractivity contribution in [3.63, 3.8) is 0 Å². The van der Waals surface area contributed by atoms with E-state index in [0.29, 0.717) is 48.3 Å². The molecular formula is C32H37Cl2N5O3. The first kappa shape index (κ1) is 30.2. The minimum atomic E-state index is -0.218. The molecule has 2 heterocycles. The third-order valence-corrected chi connectivity index (χ3v) is 8.24. The molecule has 2 saturated heterocycles. The molecule has 3 amide bonds. The second-order valence-corrected chi connectivity index (χ2v) is 11.5. The topological polar surface area (TPSA) is 77.2 Å². The van der Waals surface area contributed by atoms with Gasteiger partial charge in [0.25, 0.3) is 0 Å². The number of rotatable bonds is 9. The van der Waals surface area contributed by atoms with Crippen LogP contribution in [0.4, 0.5) is 21.9 Å². The number of hydrogen-bond acceptors (Lipinski definition) is 5. The van der Waals surface area contributed by atoms with Gasteiger partial charge in [-0.15, -0.1) is 0 Å². The first-order chi connectivity index (χ1) is 20.4. The number of ether oxygens (including phenoxy) is 1. The van der Waals surface area contributed by atoms with E-state index in [-0.39, 0.29) is 11.9 Å². The van der Waals surface area contributed by atoms with Gasteiger partial charge >= 0.3 is 6.03 Å². The molecule has 2 fully saturated rings. The molecule has 2 aliphatic heterocycles. The lowest BCUT2D eigenvalue weighted by molar-refractivity contribution is -0.116. The van der Waals surface area contributed by atoms with Gasteiger partial charge < -0.3 is 25.2 Å². The van der Waals surface area contributed by atoms with Crippen molar-refractivity contribution in [3.8, 4) is 0 Å². The molecule has 10 heteroatoms. The Hall–Kier alpha value is -3.30. The van der Waals surface area contributed by atoms with Crippen LogP contribution in [0.5, 0.6) is 0 Å². The fourth-order valence-corrected chi connectivity index (χ4v) is 5.91. The van der Waals surface area contributed by atoms with Gasteiger partial charge in [-0.1, -0.05) is 53.5 Å². The molecule has 5 rings (SSSR count). The Labute approximate surface area is 257 Å². The highest BCUT2D eigenvalue weighted by molar-refractivity contribution is 6.39. The molecule has 222 valence electrons. The van der Waals surface area contributed by atoms with Crippen molar-refractivity contribution in [3.05, 3.63) is 87.9 Å². The van der Waals surface area contributed by atoms with Crippen LogP contribution in [0.3, 0.4) is 0 Å². The number of urea groups is 1. The molecule has 0 atom stereocenters. The summed E-state index contributed by atoms with van der Waals surface area (Å²) < 4.78 is 5.41. The average Bonchev–Trinajstić information content (AvgIpc) is 3.00. The summed E-state index contributed by atoms with van der Waals surface area (Å²) in [7, 11) is 0. The second kappa shape index (κ2) is 14.7. The summed E-state index contributed by atoms with van der Waals surface area (Å²) in [6, 6.07) is 21.6. The molecule has 0 radical (unpaired) electrons. The van der Waals surface area contributed by atoms with E-state index < -0.39 is 0 Å². The lowest BCUT2D eigenvalue weighted by atomic mass is 10.1. The van der Waals surface area contributed by atoms with Crippen molar-refractivity contribution in [1.29, 1.82) is 0 Å². The molecule has 2 N–H and O–H groups in total. The van der Waals surface area contributed by atoms with E-state index in [2.05, 4.69) is 32.6 Å². The maximum absolute atomic E-state index is 13.0. The van der Waals surface area contributed by atoms with E-state index >= 15 is 0 Å². The highest BCUT2D eigenvalue weighted by Crippen LogP contribution is 2.33. The van der Waals surface area contributed by atoms with E-state index in [1.807, 2.05) is 54.6 Å². The fourth-order valence-electron chi connectivity index (χ4n) is 5.28. The maximum atomic E-state index is 13.0. The Morgan fingerprint density at radius 2 is 1.45 bits per heavy atom. The quantitative estimate of drug-likeness (QED) is 0.305. The molecule has 0 aliphatic carbocycles. The zero-order chi connectivity index (χ0) is 29.3. The molecule has 0 unspecified atom stereocenters. The van der Waals surface area contributed by atoms with Gasteiger partial charge in [-0.3, -0.25) is 9.69 Å².